The van der Waals surface area contributed by atoms with Crippen molar-refractivity contribution in [2.75, 3.05) is 6.26 Å². The number of hydrogen-bond donors (Lipinski definition) is 0. The molecule has 2 aromatic carbocycles. The molecule has 0 fully saturated rings. The van der Waals surface area contributed by atoms with E-state index < -0.39 is 0 Å². The Bertz CT molecular complexity index is 460. The number of para-hydroxylation sites is 1. The van der Waals surface area contributed by atoms with Gasteiger partial charge in [0.25, 0.3) is 0 Å². The van der Waals surface area contributed by atoms with Gasteiger partial charge in [0.15, 0.2) is 0 Å². The van der Waals surface area contributed by atoms with Crippen LogP contribution in [0.25, 0.3) is 0 Å². The van der Waals surface area contributed by atoms with E-state index in [4.69, 9.17) is 0 Å². The Morgan fingerprint density at radius 1 is 0.938 bits per heavy atom. The molecule has 0 N–H and O–H groups in total. The maximum Gasteiger partial charge on any atom is 0.0629 e. The lowest BCUT2D eigenvalue weighted by molar-refractivity contribution is 1.45. The first-order valence-corrected chi connectivity index (χ1v) is 6.34. The van der Waals surface area contributed by atoms with Crippen LogP contribution in [0.2, 0.25) is 0 Å². The molecule has 0 aliphatic carbocycles. The minimum atomic E-state index is 0.983. The van der Waals surface area contributed by atoms with Gasteiger partial charge in [-0.25, -0.2) is 0 Å². The molecule has 2 rings (SSSR count). The maximum absolute atomic E-state index is 4.40. The van der Waals surface area contributed by atoms with Crippen LogP contribution in [-0.2, 0) is 0 Å². The summed E-state index contributed by atoms with van der Waals surface area (Å²) < 4.78 is 0. The van der Waals surface area contributed by atoms with Crippen molar-refractivity contribution in [3.8, 4) is 0 Å². The van der Waals surface area contributed by atoms with Crippen molar-refractivity contribution >= 4 is 23.7 Å². The topological polar surface area (TPSA) is 12.4 Å². The zero-order valence-corrected chi connectivity index (χ0v) is 9.95. The van der Waals surface area contributed by atoms with Crippen LogP contribution in [0.3, 0.4) is 0 Å². The predicted octanol–water partition coefficient (Wildman–Crippen LogP) is 4.16. The molecular weight excluding hydrogens is 214 g/mol. The van der Waals surface area contributed by atoms with Gasteiger partial charge < -0.3 is 0 Å². The molecule has 0 saturated heterocycles. The van der Waals surface area contributed by atoms with Gasteiger partial charge in [-0.1, -0.05) is 30.3 Å². The Hall–Kier alpha value is -1.54. The molecule has 0 atom stereocenters. The molecule has 0 radical (unpaired) electrons. The molecule has 0 saturated carbocycles. The average Bonchev–Trinajstić information content (AvgIpc) is 2.38. The molecule has 2 aromatic rings. The van der Waals surface area contributed by atoms with E-state index >= 15 is 0 Å². The van der Waals surface area contributed by atoms with Gasteiger partial charge in [0.1, 0.15) is 0 Å². The van der Waals surface area contributed by atoms with Crippen molar-refractivity contribution in [2.24, 2.45) is 4.99 Å². The van der Waals surface area contributed by atoms with E-state index in [1.165, 1.54) is 4.90 Å². The highest BCUT2D eigenvalue weighted by Crippen LogP contribution is 2.15. The highest BCUT2D eigenvalue weighted by molar-refractivity contribution is 7.98. The third-order valence-electron chi connectivity index (χ3n) is 2.23. The molecule has 0 amide bonds. The van der Waals surface area contributed by atoms with Crippen LogP contribution in [0.5, 0.6) is 0 Å². The Morgan fingerprint density at radius 2 is 1.62 bits per heavy atom. The van der Waals surface area contributed by atoms with Crippen LogP contribution in [0.4, 0.5) is 5.69 Å². The van der Waals surface area contributed by atoms with Gasteiger partial charge in [-0.3, -0.25) is 4.99 Å². The van der Waals surface area contributed by atoms with Gasteiger partial charge in [0.2, 0.25) is 0 Å². The molecule has 0 aromatic heterocycles. The molecule has 80 valence electrons. The number of benzene rings is 2. The van der Waals surface area contributed by atoms with E-state index in [9.17, 15) is 0 Å². The number of thioether (sulfide) groups is 1. The Morgan fingerprint density at radius 3 is 2.25 bits per heavy atom. The van der Waals surface area contributed by atoms with Gasteiger partial charge in [0.05, 0.1) is 5.69 Å². The largest absolute Gasteiger partial charge is 0.256 e. The van der Waals surface area contributed by atoms with Crippen LogP contribution < -0.4 is 0 Å². The fraction of sp³-hybridized carbons (Fsp3) is 0.0714. The summed E-state index contributed by atoms with van der Waals surface area (Å²) >= 11 is 1.75. The van der Waals surface area contributed by atoms with Gasteiger partial charge in [-0.15, -0.1) is 11.8 Å². The molecule has 0 heterocycles. The lowest BCUT2D eigenvalue weighted by Crippen LogP contribution is -1.79. The summed E-state index contributed by atoms with van der Waals surface area (Å²) in [4.78, 5) is 5.68. The molecule has 0 spiro atoms. The molecule has 2 heteroatoms. The molecular formula is C14H13NS. The first-order chi connectivity index (χ1) is 7.88. The Balaban J connectivity index is 2.12. The summed E-state index contributed by atoms with van der Waals surface area (Å²) in [5.41, 5.74) is 2.11. The summed E-state index contributed by atoms with van der Waals surface area (Å²) in [6.07, 6.45) is 3.96. The third kappa shape index (κ3) is 2.97. The fourth-order valence-corrected chi connectivity index (χ4v) is 1.76. The number of rotatable bonds is 3. The van der Waals surface area contributed by atoms with Crippen LogP contribution >= 0.6 is 11.8 Å². The monoisotopic (exact) mass is 227 g/mol. The predicted molar refractivity (Wildman–Crippen MR) is 71.9 cm³/mol. The second kappa shape index (κ2) is 5.52. The summed E-state index contributed by atoms with van der Waals surface area (Å²) in [6.45, 7) is 0. The summed E-state index contributed by atoms with van der Waals surface area (Å²) in [7, 11) is 0. The van der Waals surface area contributed by atoms with Crippen molar-refractivity contribution in [3.63, 3.8) is 0 Å². The first kappa shape index (κ1) is 11.0. The second-order valence-corrected chi connectivity index (χ2v) is 4.25. The van der Waals surface area contributed by atoms with Gasteiger partial charge in [-0.05, 0) is 36.1 Å². The van der Waals surface area contributed by atoms with Crippen LogP contribution in [0.15, 0.2) is 64.5 Å². The van der Waals surface area contributed by atoms with E-state index in [1.54, 1.807) is 11.8 Å². The lowest BCUT2D eigenvalue weighted by atomic mass is 10.2. The molecule has 0 bridgehead atoms. The smallest absolute Gasteiger partial charge is 0.0629 e. The van der Waals surface area contributed by atoms with Crippen molar-refractivity contribution < 1.29 is 0 Å². The molecule has 0 aliphatic rings. The van der Waals surface area contributed by atoms with E-state index in [1.807, 2.05) is 36.5 Å². The van der Waals surface area contributed by atoms with Crippen molar-refractivity contribution in [1.29, 1.82) is 0 Å². The van der Waals surface area contributed by atoms with Crippen LogP contribution in [0.1, 0.15) is 5.56 Å². The van der Waals surface area contributed by atoms with Gasteiger partial charge in [-0.2, -0.15) is 0 Å². The first-order valence-electron chi connectivity index (χ1n) is 5.11. The third-order valence-corrected chi connectivity index (χ3v) is 2.98. The van der Waals surface area contributed by atoms with Crippen molar-refractivity contribution in [1.82, 2.24) is 0 Å². The molecule has 1 nitrogen and oxygen atoms in total. The highest BCUT2D eigenvalue weighted by atomic mass is 32.2. The Labute approximate surface area is 100 Å². The minimum absolute atomic E-state index is 0.983. The minimum Gasteiger partial charge on any atom is -0.256 e. The quantitative estimate of drug-likeness (QED) is 0.566. The zero-order valence-electron chi connectivity index (χ0n) is 9.13. The van der Waals surface area contributed by atoms with Gasteiger partial charge >= 0.3 is 0 Å². The molecule has 0 unspecified atom stereocenters. The Kier molecular flexibility index (Phi) is 3.78. The van der Waals surface area contributed by atoms with Crippen LogP contribution in [-0.4, -0.2) is 12.5 Å². The van der Waals surface area contributed by atoms with E-state index in [-0.39, 0.29) is 0 Å². The SMILES string of the molecule is CSc1ccc(/C=N/c2ccccc2)cc1. The van der Waals surface area contributed by atoms with E-state index in [0.717, 1.165) is 11.3 Å². The zero-order chi connectivity index (χ0) is 11.2. The standard InChI is InChI=1S/C14H13NS/c1-16-14-9-7-12(8-10-14)11-15-13-5-3-2-4-6-13/h2-11H,1H3/b15-11+. The van der Waals surface area contributed by atoms with E-state index in [2.05, 4.69) is 35.5 Å². The van der Waals surface area contributed by atoms with E-state index in [0.29, 0.717) is 0 Å². The summed E-state index contributed by atoms with van der Waals surface area (Å²) in [5.74, 6) is 0. The summed E-state index contributed by atoms with van der Waals surface area (Å²) in [5, 5.41) is 0. The van der Waals surface area contributed by atoms with Crippen molar-refractivity contribution in [3.05, 3.63) is 60.2 Å². The second-order valence-electron chi connectivity index (χ2n) is 3.37. The highest BCUT2D eigenvalue weighted by Gasteiger charge is 1.90. The number of nitrogens with zero attached hydrogens (tertiary/aromatic N) is 1. The summed E-state index contributed by atoms with van der Waals surface area (Å²) in [6, 6.07) is 18.3. The normalized spacial score (nSPS) is 10.8. The van der Waals surface area contributed by atoms with Crippen molar-refractivity contribution in [2.45, 2.75) is 4.90 Å². The number of hydrogen-bond acceptors (Lipinski definition) is 2. The number of aliphatic imine (C=N–C) groups is 1. The maximum atomic E-state index is 4.40. The fourth-order valence-electron chi connectivity index (χ4n) is 1.35. The lowest BCUT2D eigenvalue weighted by Gasteiger charge is -1.96. The van der Waals surface area contributed by atoms with Crippen LogP contribution in [0, 0.1) is 0 Å². The molecule has 0 aliphatic heterocycles. The average molecular weight is 227 g/mol. The van der Waals surface area contributed by atoms with Gasteiger partial charge in [0, 0.05) is 11.1 Å². The molecule has 16 heavy (non-hydrogen) atoms.